The molecule has 0 aliphatic carbocycles. The number of nitrogens with two attached hydrogens (primary N) is 1. The fraction of sp³-hybridized carbons (Fsp3) is 0.286. The van der Waals surface area contributed by atoms with Crippen LogP contribution in [0.5, 0.6) is 11.5 Å². The average Bonchev–Trinajstić information content (AvgIpc) is 3.40. The summed E-state index contributed by atoms with van der Waals surface area (Å²) in [5, 5.41) is 4.08. The Morgan fingerprint density at radius 2 is 1.83 bits per heavy atom. The second kappa shape index (κ2) is 8.33. The number of amides is 1. The van der Waals surface area contributed by atoms with Crippen LogP contribution in [0.2, 0.25) is 0 Å². The highest BCUT2D eigenvalue weighted by atomic mass is 35.5. The monoisotopic (exact) mass is 428 g/mol. The van der Waals surface area contributed by atoms with Gasteiger partial charge in [-0.15, -0.1) is 12.4 Å². The van der Waals surface area contributed by atoms with Gasteiger partial charge in [0.05, 0.1) is 5.92 Å². The molecule has 8 nitrogen and oxygen atoms in total. The van der Waals surface area contributed by atoms with Crippen molar-refractivity contribution in [2.45, 2.75) is 18.9 Å². The lowest BCUT2D eigenvalue weighted by Gasteiger charge is -2.22. The molecule has 2 aliphatic rings. The van der Waals surface area contributed by atoms with Crippen LogP contribution in [0.1, 0.15) is 23.8 Å². The normalized spacial score (nSPS) is 17.7. The van der Waals surface area contributed by atoms with Crippen molar-refractivity contribution in [3.05, 3.63) is 53.9 Å². The summed E-state index contributed by atoms with van der Waals surface area (Å²) >= 11 is 0. The zero-order valence-electron chi connectivity index (χ0n) is 16.1. The van der Waals surface area contributed by atoms with Crippen molar-refractivity contribution in [1.82, 2.24) is 10.1 Å². The van der Waals surface area contributed by atoms with E-state index in [0.29, 0.717) is 55.9 Å². The number of carbonyl (C=O) groups excluding carboxylic acids is 1. The standard InChI is InChI=1S/C21H20N4O4.ClH/c22-11-13-1-3-14(4-2-13)20-23-21(29-24-20)15-9-19(26)25(12-15)16-5-6-17-18(10-16)28-8-7-27-17;/h1-6,10,15H,7-9,11-12,22H2;1H. The minimum Gasteiger partial charge on any atom is -0.486 e. The number of hydrogen-bond acceptors (Lipinski definition) is 7. The van der Waals surface area contributed by atoms with Gasteiger partial charge in [-0.05, 0) is 17.7 Å². The minimum atomic E-state index is -0.153. The number of fused-ring (bicyclic) bond motifs is 1. The molecule has 5 rings (SSSR count). The molecular formula is C21H21ClN4O4. The molecule has 3 aromatic rings. The lowest BCUT2D eigenvalue weighted by Crippen LogP contribution is -2.24. The van der Waals surface area contributed by atoms with Gasteiger partial charge in [0.2, 0.25) is 17.6 Å². The molecule has 1 amide bonds. The smallest absolute Gasteiger partial charge is 0.232 e. The molecule has 0 saturated carbocycles. The highest BCUT2D eigenvalue weighted by Gasteiger charge is 2.35. The summed E-state index contributed by atoms with van der Waals surface area (Å²) in [6.07, 6.45) is 0.322. The Hall–Kier alpha value is -3.10. The summed E-state index contributed by atoms with van der Waals surface area (Å²) < 4.78 is 16.6. The highest BCUT2D eigenvalue weighted by Crippen LogP contribution is 2.37. The van der Waals surface area contributed by atoms with E-state index in [1.165, 1.54) is 0 Å². The fourth-order valence-electron chi connectivity index (χ4n) is 3.63. The van der Waals surface area contributed by atoms with E-state index in [0.717, 1.165) is 16.8 Å². The second-order valence-electron chi connectivity index (χ2n) is 7.09. The molecule has 1 atom stereocenters. The summed E-state index contributed by atoms with van der Waals surface area (Å²) in [5.74, 6) is 2.19. The first kappa shape index (κ1) is 20.2. The van der Waals surface area contributed by atoms with Crippen LogP contribution in [0.4, 0.5) is 5.69 Å². The van der Waals surface area contributed by atoms with Crippen LogP contribution in [0.15, 0.2) is 47.0 Å². The van der Waals surface area contributed by atoms with Gasteiger partial charge in [0.1, 0.15) is 13.2 Å². The second-order valence-corrected chi connectivity index (χ2v) is 7.09. The molecule has 3 heterocycles. The van der Waals surface area contributed by atoms with E-state index in [-0.39, 0.29) is 24.2 Å². The number of anilines is 1. The van der Waals surface area contributed by atoms with Gasteiger partial charge in [0.25, 0.3) is 0 Å². The van der Waals surface area contributed by atoms with Crippen LogP contribution in [-0.2, 0) is 11.3 Å². The quantitative estimate of drug-likeness (QED) is 0.681. The first-order valence-electron chi connectivity index (χ1n) is 9.54. The van der Waals surface area contributed by atoms with Crippen molar-refractivity contribution < 1.29 is 18.8 Å². The van der Waals surface area contributed by atoms with Crippen LogP contribution in [0.3, 0.4) is 0 Å². The maximum atomic E-state index is 12.6. The van der Waals surface area contributed by atoms with Crippen LogP contribution in [0.25, 0.3) is 11.4 Å². The first-order chi connectivity index (χ1) is 14.2. The van der Waals surface area contributed by atoms with E-state index in [1.54, 1.807) is 4.90 Å². The van der Waals surface area contributed by atoms with Crippen LogP contribution in [0, 0.1) is 0 Å². The number of benzene rings is 2. The predicted molar refractivity (Wildman–Crippen MR) is 112 cm³/mol. The van der Waals surface area contributed by atoms with E-state index in [9.17, 15) is 4.79 Å². The molecule has 1 saturated heterocycles. The number of carbonyl (C=O) groups is 1. The predicted octanol–water partition coefficient (Wildman–Crippen LogP) is 2.91. The molecule has 2 aliphatic heterocycles. The molecule has 30 heavy (non-hydrogen) atoms. The Morgan fingerprint density at radius 1 is 1.07 bits per heavy atom. The topological polar surface area (TPSA) is 104 Å². The zero-order chi connectivity index (χ0) is 19.8. The molecule has 1 fully saturated rings. The number of hydrogen-bond donors (Lipinski definition) is 1. The van der Waals surface area contributed by atoms with E-state index < -0.39 is 0 Å². The summed E-state index contributed by atoms with van der Waals surface area (Å²) in [5.41, 5.74) is 8.30. The van der Waals surface area contributed by atoms with Crippen molar-refractivity contribution in [3.63, 3.8) is 0 Å². The van der Waals surface area contributed by atoms with Gasteiger partial charge in [-0.2, -0.15) is 4.98 Å². The molecule has 156 valence electrons. The molecule has 0 radical (unpaired) electrons. The van der Waals surface area contributed by atoms with Crippen LogP contribution >= 0.6 is 12.4 Å². The molecule has 0 spiro atoms. The SMILES string of the molecule is Cl.NCc1ccc(-c2noc(C3CC(=O)N(c4ccc5c(c4)OCCO5)C3)n2)cc1. The third-order valence-electron chi connectivity index (χ3n) is 5.20. The Labute approximate surface area is 179 Å². The highest BCUT2D eigenvalue weighted by molar-refractivity contribution is 5.96. The average molecular weight is 429 g/mol. The molecule has 1 aromatic heterocycles. The van der Waals surface area contributed by atoms with Crippen molar-refractivity contribution in [3.8, 4) is 22.9 Å². The molecule has 2 aromatic carbocycles. The number of nitrogens with zero attached hydrogens (tertiary/aromatic N) is 3. The number of rotatable bonds is 4. The molecular weight excluding hydrogens is 408 g/mol. The Kier molecular flexibility index (Phi) is 5.61. The summed E-state index contributed by atoms with van der Waals surface area (Å²) in [7, 11) is 0. The molecule has 2 N–H and O–H groups in total. The maximum absolute atomic E-state index is 12.6. The molecule has 9 heteroatoms. The van der Waals surface area contributed by atoms with E-state index in [1.807, 2.05) is 42.5 Å². The number of ether oxygens (including phenoxy) is 2. The van der Waals surface area contributed by atoms with Crippen LogP contribution in [-0.4, -0.2) is 35.8 Å². The van der Waals surface area contributed by atoms with Gasteiger partial charge in [-0.25, -0.2) is 0 Å². The third kappa shape index (κ3) is 3.71. The van der Waals surface area contributed by atoms with E-state index in [2.05, 4.69) is 10.1 Å². The Bertz CT molecular complexity index is 1050. The summed E-state index contributed by atoms with van der Waals surface area (Å²) in [6.45, 7) is 2.00. The third-order valence-corrected chi connectivity index (χ3v) is 5.20. The summed E-state index contributed by atoms with van der Waals surface area (Å²) in [4.78, 5) is 18.9. The van der Waals surface area contributed by atoms with Crippen molar-refractivity contribution in [2.24, 2.45) is 5.73 Å². The lowest BCUT2D eigenvalue weighted by atomic mass is 10.1. The van der Waals surface area contributed by atoms with Crippen LogP contribution < -0.4 is 20.1 Å². The zero-order valence-corrected chi connectivity index (χ0v) is 16.9. The van der Waals surface area contributed by atoms with E-state index in [4.69, 9.17) is 19.7 Å². The van der Waals surface area contributed by atoms with Gasteiger partial charge in [0.15, 0.2) is 11.5 Å². The van der Waals surface area contributed by atoms with Gasteiger partial charge < -0.3 is 24.6 Å². The van der Waals surface area contributed by atoms with Gasteiger partial charge in [-0.3, -0.25) is 4.79 Å². The van der Waals surface area contributed by atoms with Gasteiger partial charge >= 0.3 is 0 Å². The van der Waals surface area contributed by atoms with Crippen molar-refractivity contribution >= 4 is 24.0 Å². The van der Waals surface area contributed by atoms with E-state index >= 15 is 0 Å². The van der Waals surface area contributed by atoms with Gasteiger partial charge in [-0.1, -0.05) is 29.4 Å². The Morgan fingerprint density at radius 3 is 2.60 bits per heavy atom. The Balaban J connectivity index is 0.00000218. The molecule has 1 unspecified atom stereocenters. The fourth-order valence-corrected chi connectivity index (χ4v) is 3.63. The lowest BCUT2D eigenvalue weighted by molar-refractivity contribution is -0.117. The molecule has 0 bridgehead atoms. The summed E-state index contributed by atoms with van der Waals surface area (Å²) in [6, 6.07) is 13.2. The minimum absolute atomic E-state index is 0. The largest absolute Gasteiger partial charge is 0.486 e. The van der Waals surface area contributed by atoms with Gasteiger partial charge in [0, 0.05) is 36.8 Å². The number of aromatic nitrogens is 2. The number of halogens is 1. The first-order valence-corrected chi connectivity index (χ1v) is 9.54. The maximum Gasteiger partial charge on any atom is 0.232 e. The van der Waals surface area contributed by atoms with Crippen molar-refractivity contribution in [1.29, 1.82) is 0 Å². The van der Waals surface area contributed by atoms with Crippen molar-refractivity contribution in [2.75, 3.05) is 24.7 Å².